The standard InChI is InChI=1S/C14H15NO3/c1-10(2)13-8-12(15-18-13)14(16)17-9-11-6-4-3-5-7-11/h3-8,10H,9H2,1-2H3. The lowest BCUT2D eigenvalue weighted by atomic mass is 10.1. The normalized spacial score (nSPS) is 10.6. The average Bonchev–Trinajstić information content (AvgIpc) is 2.87. The summed E-state index contributed by atoms with van der Waals surface area (Å²) in [5, 5.41) is 3.70. The molecule has 0 aliphatic carbocycles. The van der Waals surface area contributed by atoms with Gasteiger partial charge in [0.15, 0.2) is 5.69 Å². The van der Waals surface area contributed by atoms with Gasteiger partial charge in [0.1, 0.15) is 12.4 Å². The van der Waals surface area contributed by atoms with E-state index in [1.807, 2.05) is 44.2 Å². The first-order valence-corrected chi connectivity index (χ1v) is 5.84. The van der Waals surface area contributed by atoms with Crippen molar-refractivity contribution < 1.29 is 14.1 Å². The zero-order valence-electron chi connectivity index (χ0n) is 10.4. The van der Waals surface area contributed by atoms with Crippen molar-refractivity contribution >= 4 is 5.97 Å². The molecule has 0 saturated heterocycles. The van der Waals surface area contributed by atoms with Crippen molar-refractivity contribution in [3.63, 3.8) is 0 Å². The van der Waals surface area contributed by atoms with Gasteiger partial charge in [-0.2, -0.15) is 0 Å². The van der Waals surface area contributed by atoms with Gasteiger partial charge in [-0.3, -0.25) is 0 Å². The minimum atomic E-state index is -0.463. The highest BCUT2D eigenvalue weighted by atomic mass is 16.5. The molecule has 0 fully saturated rings. The van der Waals surface area contributed by atoms with E-state index in [9.17, 15) is 4.79 Å². The molecule has 1 heterocycles. The maximum atomic E-state index is 11.7. The van der Waals surface area contributed by atoms with Crippen LogP contribution in [0.4, 0.5) is 0 Å². The topological polar surface area (TPSA) is 52.3 Å². The van der Waals surface area contributed by atoms with Gasteiger partial charge in [-0.25, -0.2) is 4.79 Å². The molecule has 2 aromatic rings. The van der Waals surface area contributed by atoms with Crippen LogP contribution >= 0.6 is 0 Å². The van der Waals surface area contributed by atoms with Gasteiger partial charge in [0.25, 0.3) is 0 Å². The highest BCUT2D eigenvalue weighted by molar-refractivity contribution is 5.87. The van der Waals surface area contributed by atoms with Crippen molar-refractivity contribution in [3.8, 4) is 0 Å². The number of aromatic nitrogens is 1. The lowest BCUT2D eigenvalue weighted by Gasteiger charge is -2.01. The molecule has 0 bridgehead atoms. The molecule has 0 unspecified atom stereocenters. The van der Waals surface area contributed by atoms with E-state index in [2.05, 4.69) is 5.16 Å². The maximum absolute atomic E-state index is 11.7. The van der Waals surface area contributed by atoms with Gasteiger partial charge < -0.3 is 9.26 Å². The predicted molar refractivity (Wildman–Crippen MR) is 66.2 cm³/mol. The molecule has 4 nitrogen and oxygen atoms in total. The Morgan fingerprint density at radius 2 is 2.06 bits per heavy atom. The van der Waals surface area contributed by atoms with Crippen LogP contribution in [0.5, 0.6) is 0 Å². The molecular weight excluding hydrogens is 230 g/mol. The minimum Gasteiger partial charge on any atom is -0.456 e. The molecule has 1 aromatic heterocycles. The van der Waals surface area contributed by atoms with Crippen LogP contribution in [-0.2, 0) is 11.3 Å². The van der Waals surface area contributed by atoms with Crippen LogP contribution in [0.15, 0.2) is 40.9 Å². The lowest BCUT2D eigenvalue weighted by Crippen LogP contribution is -2.05. The van der Waals surface area contributed by atoms with Crippen LogP contribution < -0.4 is 0 Å². The second kappa shape index (κ2) is 5.49. The smallest absolute Gasteiger partial charge is 0.360 e. The fraction of sp³-hybridized carbons (Fsp3) is 0.286. The Bertz CT molecular complexity index is 517. The highest BCUT2D eigenvalue weighted by Crippen LogP contribution is 2.15. The molecule has 0 spiro atoms. The number of benzene rings is 1. The van der Waals surface area contributed by atoms with Gasteiger partial charge in [0, 0.05) is 12.0 Å². The van der Waals surface area contributed by atoms with Crippen LogP contribution in [0.25, 0.3) is 0 Å². The third-order valence-electron chi connectivity index (χ3n) is 2.52. The fourth-order valence-electron chi connectivity index (χ4n) is 1.45. The number of esters is 1. The summed E-state index contributed by atoms with van der Waals surface area (Å²) < 4.78 is 10.2. The zero-order valence-corrected chi connectivity index (χ0v) is 10.4. The number of nitrogens with zero attached hydrogens (tertiary/aromatic N) is 1. The number of carbonyl (C=O) groups excluding carboxylic acids is 1. The van der Waals surface area contributed by atoms with Gasteiger partial charge in [0.05, 0.1) is 0 Å². The van der Waals surface area contributed by atoms with Gasteiger partial charge in [0.2, 0.25) is 0 Å². The summed E-state index contributed by atoms with van der Waals surface area (Å²) in [6.45, 7) is 4.18. The van der Waals surface area contributed by atoms with Crippen LogP contribution in [0.1, 0.15) is 41.6 Å². The Morgan fingerprint density at radius 1 is 1.33 bits per heavy atom. The Kier molecular flexibility index (Phi) is 3.77. The first-order chi connectivity index (χ1) is 8.66. The molecule has 0 atom stereocenters. The molecule has 0 radical (unpaired) electrons. The Labute approximate surface area is 106 Å². The third kappa shape index (κ3) is 2.97. The molecule has 0 aliphatic heterocycles. The first-order valence-electron chi connectivity index (χ1n) is 5.84. The van der Waals surface area contributed by atoms with E-state index in [0.717, 1.165) is 5.56 Å². The molecule has 4 heteroatoms. The largest absolute Gasteiger partial charge is 0.456 e. The number of carbonyl (C=O) groups is 1. The van der Waals surface area contributed by atoms with Crippen LogP contribution in [0, 0.1) is 0 Å². The molecule has 0 N–H and O–H groups in total. The summed E-state index contributed by atoms with van der Waals surface area (Å²) in [5.74, 6) is 0.421. The SMILES string of the molecule is CC(C)c1cc(C(=O)OCc2ccccc2)no1. The van der Waals surface area contributed by atoms with Gasteiger partial charge in [-0.1, -0.05) is 49.3 Å². The predicted octanol–water partition coefficient (Wildman–Crippen LogP) is 3.16. The number of hydrogen-bond acceptors (Lipinski definition) is 4. The highest BCUT2D eigenvalue weighted by Gasteiger charge is 2.15. The molecule has 94 valence electrons. The second-order valence-electron chi connectivity index (χ2n) is 4.33. The summed E-state index contributed by atoms with van der Waals surface area (Å²) in [6, 6.07) is 11.1. The van der Waals surface area contributed by atoms with E-state index in [4.69, 9.17) is 9.26 Å². The van der Waals surface area contributed by atoms with Crippen molar-refractivity contribution in [2.24, 2.45) is 0 Å². The fourth-order valence-corrected chi connectivity index (χ4v) is 1.45. The molecule has 1 aromatic carbocycles. The Morgan fingerprint density at radius 3 is 2.67 bits per heavy atom. The van der Waals surface area contributed by atoms with E-state index >= 15 is 0 Å². The van der Waals surface area contributed by atoms with Crippen molar-refractivity contribution in [2.75, 3.05) is 0 Å². The number of rotatable bonds is 4. The zero-order chi connectivity index (χ0) is 13.0. The van der Waals surface area contributed by atoms with E-state index in [0.29, 0.717) is 5.76 Å². The van der Waals surface area contributed by atoms with Crippen molar-refractivity contribution in [2.45, 2.75) is 26.4 Å². The average molecular weight is 245 g/mol. The van der Waals surface area contributed by atoms with Crippen LogP contribution in [-0.4, -0.2) is 11.1 Å². The van der Waals surface area contributed by atoms with Gasteiger partial charge in [-0.15, -0.1) is 0 Å². The molecule has 0 saturated carbocycles. The van der Waals surface area contributed by atoms with E-state index in [1.54, 1.807) is 6.07 Å². The Balaban J connectivity index is 1.95. The number of ether oxygens (including phenoxy) is 1. The van der Waals surface area contributed by atoms with E-state index in [-0.39, 0.29) is 18.2 Å². The monoisotopic (exact) mass is 245 g/mol. The van der Waals surface area contributed by atoms with Gasteiger partial charge in [-0.05, 0) is 5.56 Å². The molecule has 0 amide bonds. The summed E-state index contributed by atoms with van der Waals surface area (Å²) in [6.07, 6.45) is 0. The van der Waals surface area contributed by atoms with Crippen LogP contribution in [0.3, 0.4) is 0 Å². The summed E-state index contributed by atoms with van der Waals surface area (Å²) in [4.78, 5) is 11.7. The summed E-state index contributed by atoms with van der Waals surface area (Å²) >= 11 is 0. The van der Waals surface area contributed by atoms with E-state index in [1.165, 1.54) is 0 Å². The Hall–Kier alpha value is -2.10. The summed E-state index contributed by atoms with van der Waals surface area (Å²) in [5.41, 5.74) is 1.16. The quantitative estimate of drug-likeness (QED) is 0.776. The maximum Gasteiger partial charge on any atom is 0.360 e. The first kappa shape index (κ1) is 12.4. The third-order valence-corrected chi connectivity index (χ3v) is 2.52. The van der Waals surface area contributed by atoms with Crippen molar-refractivity contribution in [1.29, 1.82) is 0 Å². The number of hydrogen-bond donors (Lipinski definition) is 0. The molecular formula is C14H15NO3. The van der Waals surface area contributed by atoms with Crippen molar-refractivity contribution in [3.05, 3.63) is 53.4 Å². The molecule has 18 heavy (non-hydrogen) atoms. The summed E-state index contributed by atoms with van der Waals surface area (Å²) in [7, 11) is 0. The van der Waals surface area contributed by atoms with Crippen molar-refractivity contribution in [1.82, 2.24) is 5.16 Å². The molecule has 0 aliphatic rings. The lowest BCUT2D eigenvalue weighted by molar-refractivity contribution is 0.0460. The minimum absolute atomic E-state index is 0.202. The molecule has 2 rings (SSSR count). The van der Waals surface area contributed by atoms with Gasteiger partial charge >= 0.3 is 5.97 Å². The van der Waals surface area contributed by atoms with E-state index < -0.39 is 5.97 Å². The van der Waals surface area contributed by atoms with Crippen LogP contribution in [0.2, 0.25) is 0 Å². The second-order valence-corrected chi connectivity index (χ2v) is 4.33.